The van der Waals surface area contributed by atoms with Crippen LogP contribution in [0.4, 0.5) is 0 Å². The van der Waals surface area contributed by atoms with Gasteiger partial charge in [-0.3, -0.25) is 0 Å². The summed E-state index contributed by atoms with van der Waals surface area (Å²) in [6, 6.07) is 7.63. The first kappa shape index (κ1) is 9.78. The SMILES string of the molecule is CCCOc1ccc(CC=O)cc1. The molecule has 0 heterocycles. The quantitative estimate of drug-likeness (QED) is 0.646. The Bertz CT molecular complexity index is 251. The molecule has 0 radical (unpaired) electrons. The predicted molar refractivity (Wildman–Crippen MR) is 52.0 cm³/mol. The van der Waals surface area contributed by atoms with E-state index < -0.39 is 0 Å². The smallest absolute Gasteiger partial charge is 0.124 e. The lowest BCUT2D eigenvalue weighted by molar-refractivity contribution is -0.107. The number of hydrogen-bond acceptors (Lipinski definition) is 2. The molecule has 0 aliphatic heterocycles. The molecule has 0 aliphatic rings. The molecule has 0 aliphatic carbocycles. The Labute approximate surface area is 78.5 Å². The summed E-state index contributed by atoms with van der Waals surface area (Å²) in [4.78, 5) is 10.2. The maximum absolute atomic E-state index is 10.2. The Kier molecular flexibility index (Phi) is 4.03. The largest absolute Gasteiger partial charge is 0.494 e. The molecule has 0 spiro atoms. The number of hydrogen-bond donors (Lipinski definition) is 0. The van der Waals surface area contributed by atoms with Crippen LogP contribution >= 0.6 is 0 Å². The van der Waals surface area contributed by atoms with E-state index in [4.69, 9.17) is 4.74 Å². The topological polar surface area (TPSA) is 26.3 Å². The van der Waals surface area contributed by atoms with Gasteiger partial charge < -0.3 is 9.53 Å². The summed E-state index contributed by atoms with van der Waals surface area (Å²) in [5, 5.41) is 0. The molecule has 0 bridgehead atoms. The van der Waals surface area contributed by atoms with Gasteiger partial charge in [0.15, 0.2) is 0 Å². The van der Waals surface area contributed by atoms with Crippen molar-refractivity contribution in [1.82, 2.24) is 0 Å². The number of ether oxygens (including phenoxy) is 1. The molecule has 0 fully saturated rings. The van der Waals surface area contributed by atoms with Gasteiger partial charge in [0.2, 0.25) is 0 Å². The first-order valence-electron chi connectivity index (χ1n) is 4.52. The van der Waals surface area contributed by atoms with Crippen LogP contribution in [0.2, 0.25) is 0 Å². The van der Waals surface area contributed by atoms with Crippen LogP contribution in [0.3, 0.4) is 0 Å². The minimum atomic E-state index is 0.480. The average Bonchev–Trinajstić information content (AvgIpc) is 2.17. The first-order chi connectivity index (χ1) is 6.36. The van der Waals surface area contributed by atoms with Crippen molar-refractivity contribution in [3.8, 4) is 5.75 Å². The van der Waals surface area contributed by atoms with Crippen LogP contribution in [0.1, 0.15) is 18.9 Å². The minimum Gasteiger partial charge on any atom is -0.494 e. The van der Waals surface area contributed by atoms with Gasteiger partial charge in [-0.25, -0.2) is 0 Å². The monoisotopic (exact) mass is 178 g/mol. The molecule has 0 aromatic heterocycles. The first-order valence-corrected chi connectivity index (χ1v) is 4.52. The van der Waals surface area contributed by atoms with Gasteiger partial charge in [-0.05, 0) is 24.1 Å². The number of rotatable bonds is 5. The molecule has 1 rings (SSSR count). The Balaban J connectivity index is 2.53. The molecule has 0 amide bonds. The van der Waals surface area contributed by atoms with Gasteiger partial charge in [0, 0.05) is 6.42 Å². The fourth-order valence-corrected chi connectivity index (χ4v) is 1.04. The summed E-state index contributed by atoms with van der Waals surface area (Å²) in [6.45, 7) is 2.81. The highest BCUT2D eigenvalue weighted by molar-refractivity contribution is 5.55. The molecule has 1 aromatic carbocycles. The van der Waals surface area contributed by atoms with Crippen molar-refractivity contribution in [3.05, 3.63) is 29.8 Å². The number of benzene rings is 1. The van der Waals surface area contributed by atoms with Crippen LogP contribution in [0.5, 0.6) is 5.75 Å². The van der Waals surface area contributed by atoms with Crippen LogP contribution in [-0.2, 0) is 11.2 Å². The highest BCUT2D eigenvalue weighted by Gasteiger charge is 1.93. The van der Waals surface area contributed by atoms with E-state index in [0.29, 0.717) is 6.42 Å². The van der Waals surface area contributed by atoms with Crippen LogP contribution < -0.4 is 4.74 Å². The lowest BCUT2D eigenvalue weighted by Gasteiger charge is -2.04. The van der Waals surface area contributed by atoms with Crippen LogP contribution in [0.25, 0.3) is 0 Å². The van der Waals surface area contributed by atoms with Crippen LogP contribution in [0, 0.1) is 0 Å². The maximum atomic E-state index is 10.2. The Morgan fingerprint density at radius 3 is 2.54 bits per heavy atom. The minimum absolute atomic E-state index is 0.480. The van der Waals surface area contributed by atoms with E-state index in [-0.39, 0.29) is 0 Å². The van der Waals surface area contributed by atoms with Gasteiger partial charge in [-0.15, -0.1) is 0 Å². The number of carbonyl (C=O) groups excluding carboxylic acids is 1. The average molecular weight is 178 g/mol. The highest BCUT2D eigenvalue weighted by Crippen LogP contribution is 2.12. The van der Waals surface area contributed by atoms with Crippen molar-refractivity contribution in [3.63, 3.8) is 0 Å². The van der Waals surface area contributed by atoms with E-state index in [1.165, 1.54) is 0 Å². The number of aldehydes is 1. The summed E-state index contributed by atoms with van der Waals surface area (Å²) >= 11 is 0. The Morgan fingerprint density at radius 1 is 1.31 bits per heavy atom. The van der Waals surface area contributed by atoms with Crippen molar-refractivity contribution < 1.29 is 9.53 Å². The van der Waals surface area contributed by atoms with Crippen molar-refractivity contribution in [2.24, 2.45) is 0 Å². The Hall–Kier alpha value is -1.31. The van der Waals surface area contributed by atoms with Gasteiger partial charge in [0.05, 0.1) is 6.61 Å². The molecule has 1 aromatic rings. The van der Waals surface area contributed by atoms with Crippen molar-refractivity contribution >= 4 is 6.29 Å². The van der Waals surface area contributed by atoms with Crippen molar-refractivity contribution in [1.29, 1.82) is 0 Å². The van der Waals surface area contributed by atoms with Gasteiger partial charge in [-0.2, -0.15) is 0 Å². The van der Waals surface area contributed by atoms with Gasteiger partial charge >= 0.3 is 0 Å². The molecule has 2 nitrogen and oxygen atoms in total. The highest BCUT2D eigenvalue weighted by atomic mass is 16.5. The van der Waals surface area contributed by atoms with E-state index in [1.807, 2.05) is 24.3 Å². The molecule has 2 heteroatoms. The molecule has 0 atom stereocenters. The Morgan fingerprint density at radius 2 is 2.00 bits per heavy atom. The summed E-state index contributed by atoms with van der Waals surface area (Å²) in [6.07, 6.45) is 2.39. The van der Waals surface area contributed by atoms with E-state index in [2.05, 4.69) is 6.92 Å². The fourth-order valence-electron chi connectivity index (χ4n) is 1.04. The normalized spacial score (nSPS) is 9.62. The molecule has 0 N–H and O–H groups in total. The number of carbonyl (C=O) groups is 1. The third kappa shape index (κ3) is 3.28. The molecule has 0 saturated carbocycles. The summed E-state index contributed by atoms with van der Waals surface area (Å²) in [5.41, 5.74) is 1.03. The van der Waals surface area contributed by atoms with E-state index >= 15 is 0 Å². The molecule has 0 unspecified atom stereocenters. The zero-order valence-corrected chi connectivity index (χ0v) is 7.82. The van der Waals surface area contributed by atoms with Crippen molar-refractivity contribution in [2.45, 2.75) is 19.8 Å². The standard InChI is InChI=1S/C11H14O2/c1-2-9-13-11-5-3-10(4-6-11)7-8-12/h3-6,8H,2,7,9H2,1H3. The third-order valence-corrected chi connectivity index (χ3v) is 1.72. The molecular formula is C11H14O2. The lowest BCUT2D eigenvalue weighted by atomic mass is 10.2. The molecular weight excluding hydrogens is 164 g/mol. The molecule has 13 heavy (non-hydrogen) atoms. The predicted octanol–water partition coefficient (Wildman–Crippen LogP) is 2.22. The molecule has 0 saturated heterocycles. The lowest BCUT2D eigenvalue weighted by Crippen LogP contribution is -1.95. The van der Waals surface area contributed by atoms with E-state index in [0.717, 1.165) is 30.6 Å². The fraction of sp³-hybridized carbons (Fsp3) is 0.364. The summed E-state index contributed by atoms with van der Waals surface area (Å²) in [5.74, 6) is 0.872. The van der Waals surface area contributed by atoms with E-state index in [9.17, 15) is 4.79 Å². The van der Waals surface area contributed by atoms with Gasteiger partial charge in [0.1, 0.15) is 12.0 Å². The third-order valence-electron chi connectivity index (χ3n) is 1.72. The van der Waals surface area contributed by atoms with Crippen LogP contribution in [0.15, 0.2) is 24.3 Å². The zero-order chi connectivity index (χ0) is 9.52. The van der Waals surface area contributed by atoms with Crippen LogP contribution in [-0.4, -0.2) is 12.9 Å². The second-order valence-electron chi connectivity index (χ2n) is 2.86. The van der Waals surface area contributed by atoms with E-state index in [1.54, 1.807) is 0 Å². The van der Waals surface area contributed by atoms with Gasteiger partial charge in [-0.1, -0.05) is 19.1 Å². The van der Waals surface area contributed by atoms with Crippen molar-refractivity contribution in [2.75, 3.05) is 6.61 Å². The van der Waals surface area contributed by atoms with Gasteiger partial charge in [0.25, 0.3) is 0 Å². The summed E-state index contributed by atoms with van der Waals surface area (Å²) in [7, 11) is 0. The zero-order valence-electron chi connectivity index (χ0n) is 7.82. The molecule has 70 valence electrons. The second-order valence-corrected chi connectivity index (χ2v) is 2.86. The second kappa shape index (κ2) is 5.36. The summed E-state index contributed by atoms with van der Waals surface area (Å²) < 4.78 is 5.40. The maximum Gasteiger partial charge on any atom is 0.124 e.